The van der Waals surface area contributed by atoms with E-state index in [1.165, 1.54) is 0 Å². The fourth-order valence-corrected chi connectivity index (χ4v) is 1.75. The van der Waals surface area contributed by atoms with Crippen molar-refractivity contribution in [2.45, 2.75) is 32.3 Å². The number of aliphatic hydroxyl groups is 1. The van der Waals surface area contributed by atoms with Crippen LogP contribution in [0.2, 0.25) is 0 Å². The fourth-order valence-electron chi connectivity index (χ4n) is 1.75. The van der Waals surface area contributed by atoms with Gasteiger partial charge in [-0.2, -0.15) is 0 Å². The summed E-state index contributed by atoms with van der Waals surface area (Å²) >= 11 is 0. The molecule has 1 heterocycles. The van der Waals surface area contributed by atoms with Crippen molar-refractivity contribution in [3.8, 4) is 0 Å². The van der Waals surface area contributed by atoms with E-state index < -0.39 is 11.6 Å². The van der Waals surface area contributed by atoms with Crippen molar-refractivity contribution in [1.29, 1.82) is 0 Å². The minimum atomic E-state index is -0.883. The van der Waals surface area contributed by atoms with Gasteiger partial charge in [0.2, 0.25) is 5.91 Å². The number of amides is 1. The van der Waals surface area contributed by atoms with E-state index in [4.69, 9.17) is 5.11 Å². The summed E-state index contributed by atoms with van der Waals surface area (Å²) in [4.78, 5) is 23.5. The van der Waals surface area contributed by atoms with Crippen molar-refractivity contribution >= 4 is 11.9 Å². The van der Waals surface area contributed by atoms with E-state index in [2.05, 4.69) is 0 Å². The maximum atomic E-state index is 11.5. The van der Waals surface area contributed by atoms with Crippen LogP contribution < -0.4 is 0 Å². The first kappa shape index (κ1) is 12.0. The van der Waals surface area contributed by atoms with E-state index in [0.29, 0.717) is 13.1 Å². The number of likely N-dealkylation sites (tertiary alicyclic amines) is 1. The zero-order chi connectivity index (χ0) is 11.6. The van der Waals surface area contributed by atoms with Crippen LogP contribution in [0.5, 0.6) is 0 Å². The Balaban J connectivity index is 2.28. The number of nitrogens with zero attached hydrogens (tertiary/aromatic N) is 1. The monoisotopic (exact) mass is 215 g/mol. The molecule has 0 aromatic carbocycles. The second-order valence-electron chi connectivity index (χ2n) is 4.65. The Morgan fingerprint density at radius 3 is 2.33 bits per heavy atom. The van der Waals surface area contributed by atoms with Gasteiger partial charge in [-0.15, -0.1) is 0 Å². The van der Waals surface area contributed by atoms with Gasteiger partial charge in [0, 0.05) is 12.8 Å². The molecule has 0 radical (unpaired) electrons. The third-order valence-electron chi connectivity index (χ3n) is 2.46. The number of carboxylic acid groups (broad SMARTS) is 1. The second kappa shape index (κ2) is 4.18. The highest BCUT2D eigenvalue weighted by Crippen LogP contribution is 2.22. The molecule has 1 amide bonds. The van der Waals surface area contributed by atoms with E-state index in [9.17, 15) is 14.7 Å². The van der Waals surface area contributed by atoms with Gasteiger partial charge in [-0.3, -0.25) is 9.59 Å². The van der Waals surface area contributed by atoms with Gasteiger partial charge >= 0.3 is 5.97 Å². The van der Waals surface area contributed by atoms with Crippen molar-refractivity contribution < 1.29 is 19.8 Å². The summed E-state index contributed by atoms with van der Waals surface area (Å²) in [7, 11) is 0. The molecular formula is C10H17NO4. The van der Waals surface area contributed by atoms with Crippen LogP contribution in [-0.4, -0.2) is 45.7 Å². The number of rotatable bonds is 4. The summed E-state index contributed by atoms with van der Waals surface area (Å²) in [6.07, 6.45) is 0.248. The summed E-state index contributed by atoms with van der Waals surface area (Å²) in [6.45, 7) is 4.12. The number of hydrogen-bond donors (Lipinski definition) is 2. The molecule has 15 heavy (non-hydrogen) atoms. The molecule has 0 aliphatic carbocycles. The molecule has 1 aliphatic heterocycles. The third kappa shape index (κ3) is 3.51. The number of carbonyl (C=O) groups excluding carboxylic acids is 1. The van der Waals surface area contributed by atoms with Crippen LogP contribution in [-0.2, 0) is 9.59 Å². The van der Waals surface area contributed by atoms with Crippen molar-refractivity contribution in [3.63, 3.8) is 0 Å². The van der Waals surface area contributed by atoms with Gasteiger partial charge in [0.05, 0.1) is 18.7 Å². The van der Waals surface area contributed by atoms with Gasteiger partial charge in [-0.05, 0) is 12.8 Å². The lowest BCUT2D eigenvalue weighted by molar-refractivity contribution is -0.153. The van der Waals surface area contributed by atoms with E-state index in [1.807, 2.05) is 0 Å². The number of aliphatic carboxylic acids is 1. The van der Waals surface area contributed by atoms with Gasteiger partial charge in [-0.25, -0.2) is 0 Å². The molecule has 2 N–H and O–H groups in total. The molecule has 0 bridgehead atoms. The van der Waals surface area contributed by atoms with Crippen LogP contribution in [0.3, 0.4) is 0 Å². The predicted octanol–water partition coefficient (Wildman–Crippen LogP) is 0.0805. The maximum Gasteiger partial charge on any atom is 0.303 e. The van der Waals surface area contributed by atoms with Crippen LogP contribution in [0.1, 0.15) is 26.7 Å². The molecule has 1 fully saturated rings. The highest BCUT2D eigenvalue weighted by atomic mass is 16.4. The molecule has 0 saturated carbocycles. The van der Waals surface area contributed by atoms with Crippen molar-refractivity contribution in [2.24, 2.45) is 5.92 Å². The van der Waals surface area contributed by atoms with Crippen LogP contribution in [0.4, 0.5) is 0 Å². The summed E-state index contributed by atoms with van der Waals surface area (Å²) < 4.78 is 0. The normalized spacial score (nSPS) is 20.6. The van der Waals surface area contributed by atoms with Crippen LogP contribution in [0.15, 0.2) is 0 Å². The Hall–Kier alpha value is -1.10. The first-order valence-corrected chi connectivity index (χ1v) is 5.02. The smallest absolute Gasteiger partial charge is 0.303 e. The molecule has 1 aliphatic rings. The average Bonchev–Trinajstić information content (AvgIpc) is 1.97. The Kier molecular flexibility index (Phi) is 3.34. The lowest BCUT2D eigenvalue weighted by Crippen LogP contribution is -2.61. The Morgan fingerprint density at radius 1 is 1.40 bits per heavy atom. The second-order valence-corrected chi connectivity index (χ2v) is 4.65. The number of β-amino-alcohol motifs (C(OH)–C–C–N with tert-alkyl or cyclic N) is 1. The molecule has 0 spiro atoms. The van der Waals surface area contributed by atoms with Gasteiger partial charge in [0.25, 0.3) is 0 Å². The van der Waals surface area contributed by atoms with E-state index in [1.54, 1.807) is 18.7 Å². The molecule has 5 heteroatoms. The van der Waals surface area contributed by atoms with Crippen LogP contribution in [0, 0.1) is 5.92 Å². The van der Waals surface area contributed by atoms with Crippen LogP contribution in [0.25, 0.3) is 0 Å². The topological polar surface area (TPSA) is 77.8 Å². The van der Waals surface area contributed by atoms with Crippen LogP contribution >= 0.6 is 0 Å². The average molecular weight is 215 g/mol. The first-order chi connectivity index (χ1) is 6.80. The quantitative estimate of drug-likeness (QED) is 0.696. The summed E-state index contributed by atoms with van der Waals surface area (Å²) in [5.74, 6) is -1.11. The highest BCUT2D eigenvalue weighted by Gasteiger charge is 2.39. The van der Waals surface area contributed by atoms with Gasteiger partial charge in [0.15, 0.2) is 0 Å². The molecule has 86 valence electrons. The summed E-state index contributed by atoms with van der Waals surface area (Å²) in [5, 5.41) is 17.9. The Bertz CT molecular complexity index is 267. The van der Waals surface area contributed by atoms with E-state index in [0.717, 1.165) is 0 Å². The van der Waals surface area contributed by atoms with Gasteiger partial charge in [-0.1, -0.05) is 6.92 Å². The summed E-state index contributed by atoms with van der Waals surface area (Å²) in [6, 6.07) is 0. The molecule has 5 nitrogen and oxygen atoms in total. The zero-order valence-corrected chi connectivity index (χ0v) is 9.06. The Labute approximate surface area is 88.7 Å². The number of carboxylic acids is 1. The lowest BCUT2D eigenvalue weighted by Gasteiger charge is -2.44. The molecule has 1 unspecified atom stereocenters. The minimum Gasteiger partial charge on any atom is -0.481 e. The number of carbonyl (C=O) groups is 2. The predicted molar refractivity (Wildman–Crippen MR) is 53.2 cm³/mol. The Morgan fingerprint density at radius 2 is 1.93 bits per heavy atom. The van der Waals surface area contributed by atoms with Gasteiger partial charge < -0.3 is 15.1 Å². The van der Waals surface area contributed by atoms with Crippen molar-refractivity contribution in [2.75, 3.05) is 13.1 Å². The zero-order valence-electron chi connectivity index (χ0n) is 9.06. The molecule has 1 saturated heterocycles. The highest BCUT2D eigenvalue weighted by molar-refractivity contribution is 5.78. The number of hydrogen-bond acceptors (Lipinski definition) is 3. The third-order valence-corrected chi connectivity index (χ3v) is 2.46. The van der Waals surface area contributed by atoms with E-state index >= 15 is 0 Å². The molecule has 0 aromatic heterocycles. The SMILES string of the molecule is CC(CC(=O)O)CC(=O)N1CC(C)(O)C1. The molecule has 0 aromatic rings. The van der Waals surface area contributed by atoms with E-state index in [-0.39, 0.29) is 24.7 Å². The molecular weight excluding hydrogens is 198 g/mol. The fraction of sp³-hybridized carbons (Fsp3) is 0.800. The molecule has 1 atom stereocenters. The first-order valence-electron chi connectivity index (χ1n) is 5.02. The standard InChI is InChI=1S/C10H17NO4/c1-7(4-9(13)14)3-8(12)11-5-10(2,15)6-11/h7,15H,3-6H2,1-2H3,(H,13,14). The maximum absolute atomic E-state index is 11.5. The lowest BCUT2D eigenvalue weighted by atomic mass is 9.94. The van der Waals surface area contributed by atoms with Crippen molar-refractivity contribution in [3.05, 3.63) is 0 Å². The largest absolute Gasteiger partial charge is 0.481 e. The van der Waals surface area contributed by atoms with Crippen molar-refractivity contribution in [1.82, 2.24) is 4.90 Å². The minimum absolute atomic E-state index is 0.00989. The molecule has 1 rings (SSSR count). The van der Waals surface area contributed by atoms with Gasteiger partial charge in [0.1, 0.15) is 0 Å². The summed E-state index contributed by atoms with van der Waals surface area (Å²) in [5.41, 5.74) is -0.758.